The van der Waals surface area contributed by atoms with Crippen molar-refractivity contribution in [3.63, 3.8) is 0 Å². The lowest BCUT2D eigenvalue weighted by atomic mass is 10.2. The van der Waals surface area contributed by atoms with Crippen LogP contribution in [0.5, 0.6) is 0 Å². The van der Waals surface area contributed by atoms with E-state index in [0.717, 1.165) is 7.11 Å². The van der Waals surface area contributed by atoms with E-state index < -0.39 is 52.5 Å². The highest BCUT2D eigenvalue weighted by molar-refractivity contribution is 8.00. The molecule has 0 aliphatic heterocycles. The number of rotatable bonds is 7. The van der Waals surface area contributed by atoms with Crippen molar-refractivity contribution >= 4 is 34.9 Å². The van der Waals surface area contributed by atoms with Crippen LogP contribution in [0.15, 0.2) is 30.6 Å². The number of ether oxygens (including phenoxy) is 2. The minimum atomic E-state index is -4.67. The van der Waals surface area contributed by atoms with Crippen LogP contribution in [0.3, 0.4) is 0 Å². The SMILES string of the molecule is COC(=O)[C@H](CSC(F)(F)C(F)(F)n1cnc2ccccc21)NC(=O)OC(C)(C)C. The molecule has 0 radical (unpaired) electrons. The zero-order valence-electron chi connectivity index (χ0n) is 16.6. The first-order valence-electron chi connectivity index (χ1n) is 8.68. The predicted molar refractivity (Wildman–Crippen MR) is 103 cm³/mol. The summed E-state index contributed by atoms with van der Waals surface area (Å²) in [6.07, 6.45) is -0.454. The molecule has 0 saturated heterocycles. The molecule has 0 aliphatic rings. The Balaban J connectivity index is 2.18. The third-order valence-electron chi connectivity index (χ3n) is 3.71. The standard InChI is InChI=1S/C18H21F4N3O4S/c1-16(2,3)29-15(27)24-12(14(26)28-4)9-30-18(21,22)17(19,20)25-10-23-11-7-5-6-8-13(11)25/h5-8,10,12H,9H2,1-4H3,(H,24,27)/t12-/m0/s1. The first-order chi connectivity index (χ1) is 13.8. The van der Waals surface area contributed by atoms with Crippen LogP contribution in [0.2, 0.25) is 0 Å². The van der Waals surface area contributed by atoms with Gasteiger partial charge in [0.25, 0.3) is 0 Å². The van der Waals surface area contributed by atoms with Crippen LogP contribution in [0.4, 0.5) is 22.4 Å². The van der Waals surface area contributed by atoms with Crippen LogP contribution < -0.4 is 5.32 Å². The van der Waals surface area contributed by atoms with Gasteiger partial charge in [0.05, 0.1) is 18.1 Å². The molecule has 0 saturated carbocycles. The summed E-state index contributed by atoms with van der Waals surface area (Å²) in [4.78, 5) is 27.4. The summed E-state index contributed by atoms with van der Waals surface area (Å²) in [6, 6.07) is -0.700. The van der Waals surface area contributed by atoms with Gasteiger partial charge in [-0.05, 0) is 32.9 Å². The number of nitrogens with one attached hydrogen (secondary N) is 1. The van der Waals surface area contributed by atoms with Gasteiger partial charge in [-0.25, -0.2) is 14.6 Å². The molecule has 1 N–H and O–H groups in total. The monoisotopic (exact) mass is 451 g/mol. The number of fused-ring (bicyclic) bond motifs is 1. The Morgan fingerprint density at radius 3 is 2.43 bits per heavy atom. The first kappa shape index (κ1) is 23.8. The summed E-state index contributed by atoms with van der Waals surface area (Å²) in [5.41, 5.74) is -0.978. The Hall–Kier alpha value is -2.50. The second-order valence-electron chi connectivity index (χ2n) is 7.19. The van der Waals surface area contributed by atoms with Crippen LogP contribution in [-0.4, -0.2) is 51.4 Å². The van der Waals surface area contributed by atoms with Crippen molar-refractivity contribution in [3.8, 4) is 0 Å². The predicted octanol–water partition coefficient (Wildman–Crippen LogP) is 3.98. The largest absolute Gasteiger partial charge is 0.467 e. The fourth-order valence-corrected chi connectivity index (χ4v) is 3.23. The van der Waals surface area contributed by atoms with Gasteiger partial charge < -0.3 is 14.8 Å². The number of aromatic nitrogens is 2. The molecule has 1 aromatic heterocycles. The Kier molecular flexibility index (Phi) is 6.90. The highest BCUT2D eigenvalue weighted by Gasteiger charge is 2.59. The van der Waals surface area contributed by atoms with Gasteiger partial charge in [-0.2, -0.15) is 17.6 Å². The number of halogens is 4. The van der Waals surface area contributed by atoms with E-state index in [9.17, 15) is 27.2 Å². The zero-order valence-corrected chi connectivity index (χ0v) is 17.4. The lowest BCUT2D eigenvalue weighted by Crippen LogP contribution is -2.47. The second-order valence-corrected chi connectivity index (χ2v) is 8.33. The number of alkyl halides is 4. The van der Waals surface area contributed by atoms with Gasteiger partial charge in [-0.1, -0.05) is 23.9 Å². The number of carbonyl (C=O) groups is 2. The second kappa shape index (κ2) is 8.70. The molecule has 0 bridgehead atoms. The molecule has 12 heteroatoms. The molecule has 1 atom stereocenters. The van der Waals surface area contributed by atoms with Gasteiger partial charge in [-0.15, -0.1) is 0 Å². The van der Waals surface area contributed by atoms with Crippen LogP contribution in [0.1, 0.15) is 20.8 Å². The number of esters is 1. The Morgan fingerprint density at radius 2 is 1.83 bits per heavy atom. The molecule has 1 amide bonds. The van der Waals surface area contributed by atoms with E-state index in [4.69, 9.17) is 4.74 Å². The summed E-state index contributed by atoms with van der Waals surface area (Å²) >= 11 is -0.499. The number of para-hydroxylation sites is 2. The zero-order chi connectivity index (χ0) is 22.7. The summed E-state index contributed by atoms with van der Waals surface area (Å²) < 4.78 is 67.8. The minimum absolute atomic E-state index is 0.0732. The van der Waals surface area contributed by atoms with E-state index in [1.54, 1.807) is 20.8 Å². The molecule has 0 aliphatic carbocycles. The Morgan fingerprint density at radius 1 is 1.20 bits per heavy atom. The number of alkyl carbamates (subject to hydrolysis) is 1. The van der Waals surface area contributed by atoms with Gasteiger partial charge in [0.2, 0.25) is 0 Å². The van der Waals surface area contributed by atoms with Crippen molar-refractivity contribution in [1.82, 2.24) is 14.9 Å². The lowest BCUT2D eigenvalue weighted by molar-refractivity contribution is -0.207. The number of hydrogen-bond donors (Lipinski definition) is 1. The van der Waals surface area contributed by atoms with Crippen molar-refractivity contribution in [2.75, 3.05) is 12.9 Å². The molecule has 2 rings (SSSR count). The van der Waals surface area contributed by atoms with Gasteiger partial charge in [0.1, 0.15) is 18.0 Å². The van der Waals surface area contributed by atoms with Crippen molar-refractivity contribution < 1.29 is 36.6 Å². The number of amides is 1. The van der Waals surface area contributed by atoms with Crippen LogP contribution in [-0.2, 0) is 20.3 Å². The maximum atomic E-state index is 14.6. The highest BCUT2D eigenvalue weighted by Crippen LogP contribution is 2.47. The summed E-state index contributed by atoms with van der Waals surface area (Å²) in [6.45, 7) is 4.66. The molecule has 0 spiro atoms. The fourth-order valence-electron chi connectivity index (χ4n) is 2.36. The number of benzene rings is 1. The van der Waals surface area contributed by atoms with E-state index in [1.165, 1.54) is 24.3 Å². The smallest absolute Gasteiger partial charge is 0.408 e. The molecule has 0 fully saturated rings. The molecule has 166 valence electrons. The molecular formula is C18H21F4N3O4S. The quantitative estimate of drug-likeness (QED) is 0.507. The molecule has 1 aromatic carbocycles. The maximum absolute atomic E-state index is 14.6. The maximum Gasteiger partial charge on any atom is 0.408 e. The van der Waals surface area contributed by atoms with Crippen molar-refractivity contribution in [2.45, 2.75) is 43.7 Å². The minimum Gasteiger partial charge on any atom is -0.467 e. The van der Waals surface area contributed by atoms with Gasteiger partial charge in [0.15, 0.2) is 0 Å². The number of nitrogens with zero attached hydrogens (tertiary/aromatic N) is 2. The average molecular weight is 451 g/mol. The van der Waals surface area contributed by atoms with Crippen LogP contribution in [0.25, 0.3) is 11.0 Å². The van der Waals surface area contributed by atoms with Gasteiger partial charge in [-0.3, -0.25) is 4.57 Å². The summed E-state index contributed by atoms with van der Waals surface area (Å²) in [7, 11) is 0.973. The van der Waals surface area contributed by atoms with Gasteiger partial charge >= 0.3 is 23.4 Å². The average Bonchev–Trinajstić information content (AvgIpc) is 3.07. The Bertz CT molecular complexity index is 914. The molecule has 1 heterocycles. The Labute approximate surface area is 174 Å². The summed E-state index contributed by atoms with van der Waals surface area (Å²) in [5, 5.41) is -2.58. The topological polar surface area (TPSA) is 82.5 Å². The number of carbonyl (C=O) groups excluding carboxylic acids is 2. The summed E-state index contributed by atoms with van der Waals surface area (Å²) in [5.74, 6) is -1.97. The van der Waals surface area contributed by atoms with E-state index in [1.807, 2.05) is 0 Å². The van der Waals surface area contributed by atoms with E-state index >= 15 is 0 Å². The number of imidazole rings is 1. The lowest BCUT2D eigenvalue weighted by Gasteiger charge is -2.28. The van der Waals surface area contributed by atoms with Crippen LogP contribution in [0, 0.1) is 0 Å². The van der Waals surface area contributed by atoms with E-state index in [0.29, 0.717) is 6.33 Å². The fraction of sp³-hybridized carbons (Fsp3) is 0.500. The third-order valence-corrected chi connectivity index (χ3v) is 4.82. The van der Waals surface area contributed by atoms with Crippen molar-refractivity contribution in [1.29, 1.82) is 0 Å². The number of thioether (sulfide) groups is 1. The van der Waals surface area contributed by atoms with Crippen LogP contribution >= 0.6 is 11.8 Å². The van der Waals surface area contributed by atoms with Crippen molar-refractivity contribution in [2.24, 2.45) is 0 Å². The molecule has 2 aromatic rings. The number of methoxy groups -OCH3 is 1. The normalized spacial score (nSPS) is 13.7. The van der Waals surface area contributed by atoms with Crippen molar-refractivity contribution in [3.05, 3.63) is 30.6 Å². The number of hydrogen-bond acceptors (Lipinski definition) is 6. The van der Waals surface area contributed by atoms with E-state index in [-0.39, 0.29) is 15.6 Å². The van der Waals surface area contributed by atoms with E-state index in [2.05, 4.69) is 15.0 Å². The third kappa shape index (κ3) is 5.35. The highest BCUT2D eigenvalue weighted by atomic mass is 32.2. The first-order valence-corrected chi connectivity index (χ1v) is 9.66. The molecule has 0 unspecified atom stereocenters. The van der Waals surface area contributed by atoms with Gasteiger partial charge in [0, 0.05) is 5.75 Å². The molecular weight excluding hydrogens is 430 g/mol. The molecule has 30 heavy (non-hydrogen) atoms. The molecule has 7 nitrogen and oxygen atoms in total.